The van der Waals surface area contributed by atoms with Crippen LogP contribution in [0, 0.1) is 0 Å². The predicted molar refractivity (Wildman–Crippen MR) is 128 cm³/mol. The molecular formula is C25H31N5O4. The average Bonchev–Trinajstić information content (AvgIpc) is 3.51. The standard InChI is InChI=1S/C25H31N5O4/c1-3-5-11-32-18-8-9-19-24(34-15-33-19)20(18)22-23-21(27-14-28-22)17(12-26-23)25(31)29-16-7-6-10-30(4-2)13-16/h8-9,12,14,16,26H,3-7,10-11,13,15H2,1-2H3,(H,29,31). The molecule has 0 bridgehead atoms. The summed E-state index contributed by atoms with van der Waals surface area (Å²) in [5.74, 6) is 1.78. The van der Waals surface area contributed by atoms with E-state index in [1.165, 1.54) is 6.33 Å². The number of aromatic nitrogens is 3. The minimum Gasteiger partial charge on any atom is -0.493 e. The van der Waals surface area contributed by atoms with Gasteiger partial charge in [-0.2, -0.15) is 0 Å². The molecule has 2 aliphatic heterocycles. The number of benzene rings is 1. The summed E-state index contributed by atoms with van der Waals surface area (Å²) in [6, 6.07) is 3.86. The van der Waals surface area contributed by atoms with Crippen LogP contribution in [-0.4, -0.2) is 64.8 Å². The molecule has 1 unspecified atom stereocenters. The average molecular weight is 466 g/mol. The van der Waals surface area contributed by atoms with E-state index >= 15 is 0 Å². The molecular weight excluding hydrogens is 434 g/mol. The van der Waals surface area contributed by atoms with Gasteiger partial charge in [-0.1, -0.05) is 20.3 Å². The number of amides is 1. The summed E-state index contributed by atoms with van der Waals surface area (Å²) >= 11 is 0. The van der Waals surface area contributed by atoms with E-state index in [0.717, 1.165) is 45.3 Å². The van der Waals surface area contributed by atoms with Crippen molar-refractivity contribution >= 4 is 16.9 Å². The number of likely N-dealkylation sites (tertiary alicyclic amines) is 1. The summed E-state index contributed by atoms with van der Waals surface area (Å²) in [4.78, 5) is 27.8. The first-order valence-electron chi connectivity index (χ1n) is 12.1. The number of hydrogen-bond donors (Lipinski definition) is 2. The number of carbonyl (C=O) groups excluding carboxylic acids is 1. The van der Waals surface area contributed by atoms with Crippen LogP contribution in [0.3, 0.4) is 0 Å². The molecule has 34 heavy (non-hydrogen) atoms. The highest BCUT2D eigenvalue weighted by Gasteiger charge is 2.28. The quantitative estimate of drug-likeness (QED) is 0.489. The zero-order valence-corrected chi connectivity index (χ0v) is 19.7. The summed E-state index contributed by atoms with van der Waals surface area (Å²) in [6.07, 6.45) is 7.22. The Kier molecular flexibility index (Phi) is 6.53. The normalized spacial score (nSPS) is 17.8. The number of piperidine rings is 1. The topological polar surface area (TPSA) is 102 Å². The second-order valence-corrected chi connectivity index (χ2v) is 8.73. The van der Waals surface area contributed by atoms with Crippen LogP contribution in [0.1, 0.15) is 49.9 Å². The Morgan fingerprint density at radius 1 is 1.29 bits per heavy atom. The van der Waals surface area contributed by atoms with Gasteiger partial charge in [0.25, 0.3) is 5.91 Å². The highest BCUT2D eigenvalue weighted by Crippen LogP contribution is 2.47. The van der Waals surface area contributed by atoms with Gasteiger partial charge in [0, 0.05) is 18.8 Å². The third-order valence-electron chi connectivity index (χ3n) is 6.49. The van der Waals surface area contributed by atoms with Crippen molar-refractivity contribution in [1.29, 1.82) is 0 Å². The highest BCUT2D eigenvalue weighted by atomic mass is 16.7. The van der Waals surface area contributed by atoms with Gasteiger partial charge < -0.3 is 29.4 Å². The lowest BCUT2D eigenvalue weighted by Gasteiger charge is -2.32. The van der Waals surface area contributed by atoms with E-state index in [-0.39, 0.29) is 18.7 Å². The molecule has 9 nitrogen and oxygen atoms in total. The van der Waals surface area contributed by atoms with E-state index in [9.17, 15) is 4.79 Å². The smallest absolute Gasteiger partial charge is 0.255 e. The molecule has 1 atom stereocenters. The van der Waals surface area contributed by atoms with Crippen LogP contribution < -0.4 is 19.5 Å². The third-order valence-corrected chi connectivity index (χ3v) is 6.49. The highest BCUT2D eigenvalue weighted by molar-refractivity contribution is 6.08. The number of H-pyrrole nitrogens is 1. The molecule has 2 N–H and O–H groups in total. The molecule has 1 fully saturated rings. The van der Waals surface area contributed by atoms with Crippen LogP contribution in [0.4, 0.5) is 0 Å². The fourth-order valence-electron chi connectivity index (χ4n) is 4.65. The number of fused-ring (bicyclic) bond motifs is 2. The molecule has 2 aromatic heterocycles. The van der Waals surface area contributed by atoms with Gasteiger partial charge in [0.05, 0.1) is 23.3 Å². The third kappa shape index (κ3) is 4.27. The number of rotatable bonds is 8. The van der Waals surface area contributed by atoms with Gasteiger partial charge in [-0.05, 0) is 44.5 Å². The van der Waals surface area contributed by atoms with E-state index < -0.39 is 0 Å². The Bertz CT molecular complexity index is 1180. The second-order valence-electron chi connectivity index (χ2n) is 8.73. The SMILES string of the molecule is CCCCOc1ccc2c(c1-c1ncnc3c(C(=O)NC4CCCN(CC)C4)c[nH]c13)OCO2. The van der Waals surface area contributed by atoms with Crippen molar-refractivity contribution in [2.45, 2.75) is 45.6 Å². The number of nitrogens with one attached hydrogen (secondary N) is 2. The molecule has 5 rings (SSSR count). The Morgan fingerprint density at radius 3 is 3.06 bits per heavy atom. The van der Waals surface area contributed by atoms with Crippen molar-refractivity contribution in [2.75, 3.05) is 33.0 Å². The predicted octanol–water partition coefficient (Wildman–Crippen LogP) is 3.75. The van der Waals surface area contributed by atoms with Gasteiger partial charge in [-0.15, -0.1) is 0 Å². The van der Waals surface area contributed by atoms with Crippen molar-refractivity contribution in [3.63, 3.8) is 0 Å². The first-order chi connectivity index (χ1) is 16.7. The molecule has 0 radical (unpaired) electrons. The van der Waals surface area contributed by atoms with Crippen molar-refractivity contribution in [3.05, 3.63) is 30.2 Å². The summed E-state index contributed by atoms with van der Waals surface area (Å²) < 4.78 is 17.5. The minimum atomic E-state index is -0.129. The van der Waals surface area contributed by atoms with E-state index in [1.54, 1.807) is 6.20 Å². The minimum absolute atomic E-state index is 0.129. The Balaban J connectivity index is 1.49. The summed E-state index contributed by atoms with van der Waals surface area (Å²) in [5.41, 5.74) is 3.06. The van der Waals surface area contributed by atoms with Crippen LogP contribution >= 0.6 is 0 Å². The first-order valence-corrected chi connectivity index (χ1v) is 12.1. The van der Waals surface area contributed by atoms with Crippen molar-refractivity contribution in [3.8, 4) is 28.5 Å². The summed E-state index contributed by atoms with van der Waals surface area (Å²) in [5, 5.41) is 3.19. The number of ether oxygens (including phenoxy) is 3. The summed E-state index contributed by atoms with van der Waals surface area (Å²) in [7, 11) is 0. The molecule has 4 heterocycles. The van der Waals surface area contributed by atoms with Crippen LogP contribution in [0.2, 0.25) is 0 Å². The lowest BCUT2D eigenvalue weighted by Crippen LogP contribution is -2.47. The lowest BCUT2D eigenvalue weighted by molar-refractivity contribution is 0.0907. The number of nitrogens with zero attached hydrogens (tertiary/aromatic N) is 3. The van der Waals surface area contributed by atoms with E-state index in [1.807, 2.05) is 12.1 Å². The van der Waals surface area contributed by atoms with Crippen LogP contribution in [0.5, 0.6) is 17.2 Å². The number of hydrogen-bond acceptors (Lipinski definition) is 7. The fourth-order valence-corrected chi connectivity index (χ4v) is 4.65. The molecule has 2 aliphatic rings. The molecule has 1 amide bonds. The lowest BCUT2D eigenvalue weighted by atomic mass is 10.0. The van der Waals surface area contributed by atoms with E-state index in [0.29, 0.717) is 51.7 Å². The molecule has 0 aliphatic carbocycles. The van der Waals surface area contributed by atoms with Gasteiger partial charge >= 0.3 is 0 Å². The molecule has 1 aromatic carbocycles. The maximum atomic E-state index is 13.2. The Labute approximate surface area is 198 Å². The summed E-state index contributed by atoms with van der Waals surface area (Å²) in [6.45, 7) is 7.95. The number of carbonyl (C=O) groups is 1. The van der Waals surface area contributed by atoms with E-state index in [2.05, 4.69) is 39.0 Å². The molecule has 0 saturated carbocycles. The van der Waals surface area contributed by atoms with Crippen molar-refractivity contribution < 1.29 is 19.0 Å². The molecule has 3 aromatic rings. The molecule has 0 spiro atoms. The van der Waals surface area contributed by atoms with Gasteiger partial charge in [-0.25, -0.2) is 9.97 Å². The molecule has 9 heteroatoms. The second kappa shape index (κ2) is 9.89. The van der Waals surface area contributed by atoms with E-state index in [4.69, 9.17) is 14.2 Å². The zero-order valence-electron chi connectivity index (χ0n) is 19.7. The van der Waals surface area contributed by atoms with Gasteiger partial charge in [0.15, 0.2) is 11.5 Å². The fraction of sp³-hybridized carbons (Fsp3) is 0.480. The number of likely N-dealkylation sites (N-methyl/N-ethyl adjacent to an activating group) is 1. The van der Waals surface area contributed by atoms with Gasteiger partial charge in [0.1, 0.15) is 23.3 Å². The Morgan fingerprint density at radius 2 is 2.21 bits per heavy atom. The van der Waals surface area contributed by atoms with Crippen LogP contribution in [-0.2, 0) is 0 Å². The van der Waals surface area contributed by atoms with Gasteiger partial charge in [0.2, 0.25) is 6.79 Å². The van der Waals surface area contributed by atoms with Crippen molar-refractivity contribution in [1.82, 2.24) is 25.2 Å². The number of unbranched alkanes of at least 4 members (excludes halogenated alkanes) is 1. The monoisotopic (exact) mass is 465 g/mol. The Hall–Kier alpha value is -3.33. The molecule has 180 valence electrons. The van der Waals surface area contributed by atoms with Gasteiger partial charge in [-0.3, -0.25) is 4.79 Å². The van der Waals surface area contributed by atoms with Crippen LogP contribution in [0.25, 0.3) is 22.3 Å². The number of aromatic amines is 1. The first kappa shape index (κ1) is 22.5. The molecule has 1 saturated heterocycles. The zero-order chi connectivity index (χ0) is 23.5. The van der Waals surface area contributed by atoms with Crippen molar-refractivity contribution in [2.24, 2.45) is 0 Å². The maximum absolute atomic E-state index is 13.2. The largest absolute Gasteiger partial charge is 0.493 e. The van der Waals surface area contributed by atoms with Crippen LogP contribution in [0.15, 0.2) is 24.7 Å². The maximum Gasteiger partial charge on any atom is 0.255 e.